The number of aryl methyl sites for hydroxylation is 1. The smallest absolute Gasteiger partial charge is 0.264 e. The van der Waals surface area contributed by atoms with Crippen LogP contribution in [0.1, 0.15) is 5.69 Å². The first-order valence-corrected chi connectivity index (χ1v) is 11.2. The maximum absolute atomic E-state index is 12.4. The minimum atomic E-state index is -3.86. The van der Waals surface area contributed by atoms with E-state index >= 15 is 0 Å². The van der Waals surface area contributed by atoms with Gasteiger partial charge in [0.2, 0.25) is 5.95 Å². The van der Waals surface area contributed by atoms with Crippen molar-refractivity contribution in [3.8, 4) is 5.75 Å². The molecule has 0 saturated carbocycles. The number of nitrogens with one attached hydrogen (secondary N) is 2. The number of hydrogen-bond acceptors (Lipinski definition) is 6. The van der Waals surface area contributed by atoms with Crippen molar-refractivity contribution < 1.29 is 17.9 Å². The first-order valence-electron chi connectivity index (χ1n) is 8.53. The third-order valence-electron chi connectivity index (χ3n) is 3.72. The minimum absolute atomic E-state index is 0.00324. The van der Waals surface area contributed by atoms with Crippen LogP contribution in [0.25, 0.3) is 0 Å². The molecule has 0 aliphatic carbocycles. The number of hydrogen-bond donors (Lipinski definition) is 2. The zero-order chi connectivity index (χ0) is 21.7. The largest absolute Gasteiger partial charge is 0.482 e. The van der Waals surface area contributed by atoms with Gasteiger partial charge in [0.15, 0.2) is 6.61 Å². The van der Waals surface area contributed by atoms with Crippen LogP contribution in [0.5, 0.6) is 5.75 Å². The molecule has 0 radical (unpaired) electrons. The molecule has 3 rings (SSSR count). The molecule has 8 nitrogen and oxygen atoms in total. The molecule has 0 atom stereocenters. The van der Waals surface area contributed by atoms with Crippen molar-refractivity contribution >= 4 is 55.1 Å². The van der Waals surface area contributed by atoms with Gasteiger partial charge in [-0.1, -0.05) is 27.5 Å². The Hall–Kier alpha value is -2.69. The summed E-state index contributed by atoms with van der Waals surface area (Å²) in [5, 5.41) is 2.99. The van der Waals surface area contributed by atoms with Gasteiger partial charge in [0, 0.05) is 22.1 Å². The molecule has 30 heavy (non-hydrogen) atoms. The van der Waals surface area contributed by atoms with E-state index in [2.05, 4.69) is 35.9 Å². The molecule has 11 heteroatoms. The van der Waals surface area contributed by atoms with Gasteiger partial charge in [0.25, 0.3) is 15.9 Å². The molecular weight excluding hydrogens is 496 g/mol. The molecule has 0 unspecified atom stereocenters. The fraction of sp³-hybridized carbons (Fsp3) is 0.105. The van der Waals surface area contributed by atoms with Crippen molar-refractivity contribution in [2.75, 3.05) is 16.6 Å². The van der Waals surface area contributed by atoms with Crippen molar-refractivity contribution in [1.29, 1.82) is 0 Å². The molecule has 0 spiro atoms. The van der Waals surface area contributed by atoms with Gasteiger partial charge < -0.3 is 10.1 Å². The topological polar surface area (TPSA) is 110 Å². The van der Waals surface area contributed by atoms with Gasteiger partial charge in [-0.2, -0.15) is 0 Å². The number of ether oxygens (including phenoxy) is 1. The second kappa shape index (κ2) is 9.41. The molecule has 0 bridgehead atoms. The van der Waals surface area contributed by atoms with Gasteiger partial charge in [-0.05, 0) is 55.5 Å². The number of carbonyl (C=O) groups excluding carboxylic acids is 1. The van der Waals surface area contributed by atoms with E-state index in [9.17, 15) is 13.2 Å². The summed E-state index contributed by atoms with van der Waals surface area (Å²) >= 11 is 9.33. The van der Waals surface area contributed by atoms with E-state index in [0.29, 0.717) is 22.2 Å². The average Bonchev–Trinajstić information content (AvgIpc) is 2.67. The number of carbonyl (C=O) groups is 1. The van der Waals surface area contributed by atoms with Crippen molar-refractivity contribution in [3.05, 3.63) is 69.9 Å². The molecule has 0 aliphatic heterocycles. The molecule has 0 saturated heterocycles. The van der Waals surface area contributed by atoms with E-state index in [1.165, 1.54) is 30.5 Å². The van der Waals surface area contributed by atoms with Gasteiger partial charge in [-0.3, -0.25) is 4.79 Å². The molecule has 0 aliphatic rings. The van der Waals surface area contributed by atoms with Crippen molar-refractivity contribution in [2.24, 2.45) is 0 Å². The quantitative estimate of drug-likeness (QED) is 0.496. The van der Waals surface area contributed by atoms with Crippen LogP contribution >= 0.6 is 27.5 Å². The lowest BCUT2D eigenvalue weighted by atomic mass is 10.3. The van der Waals surface area contributed by atoms with Crippen LogP contribution in [-0.4, -0.2) is 30.9 Å². The number of amides is 1. The summed E-state index contributed by atoms with van der Waals surface area (Å²) in [6.07, 6.45) is 1.46. The van der Waals surface area contributed by atoms with E-state index in [0.717, 1.165) is 4.47 Å². The summed E-state index contributed by atoms with van der Waals surface area (Å²) in [5.74, 6) is -0.0621. The molecule has 2 N–H and O–H groups in total. The van der Waals surface area contributed by atoms with E-state index in [4.69, 9.17) is 16.3 Å². The zero-order valence-corrected chi connectivity index (χ0v) is 18.8. The van der Waals surface area contributed by atoms with Gasteiger partial charge in [-0.25, -0.2) is 23.1 Å². The van der Waals surface area contributed by atoms with E-state index in [-0.39, 0.29) is 17.5 Å². The molecule has 1 aromatic heterocycles. The Morgan fingerprint density at radius 2 is 1.90 bits per heavy atom. The summed E-state index contributed by atoms with van der Waals surface area (Å²) in [6, 6.07) is 12.4. The highest BCUT2D eigenvalue weighted by Crippen LogP contribution is 2.27. The standard InChI is InChI=1S/C19H16BrClN4O4S/c1-12-8-9-22-19(23-12)25-30(27,28)15-5-3-14(4-6-15)24-18(26)11-29-17-7-2-13(20)10-16(17)21/h2-10H,11H2,1H3,(H,24,26)(H,22,23,25). The third-order valence-corrected chi connectivity index (χ3v) is 5.85. The molecular formula is C19H16BrClN4O4S. The lowest BCUT2D eigenvalue weighted by Gasteiger charge is -2.10. The fourth-order valence-corrected chi connectivity index (χ4v) is 4.01. The maximum Gasteiger partial charge on any atom is 0.264 e. The van der Waals surface area contributed by atoms with Crippen LogP contribution in [-0.2, 0) is 14.8 Å². The van der Waals surface area contributed by atoms with Crippen LogP contribution in [0, 0.1) is 6.92 Å². The van der Waals surface area contributed by atoms with Crippen LogP contribution in [0.15, 0.2) is 64.1 Å². The lowest BCUT2D eigenvalue weighted by Crippen LogP contribution is -2.20. The van der Waals surface area contributed by atoms with Gasteiger partial charge in [0.05, 0.1) is 9.92 Å². The molecule has 3 aromatic rings. The van der Waals surface area contributed by atoms with Crippen LogP contribution in [0.4, 0.5) is 11.6 Å². The van der Waals surface area contributed by atoms with Crippen molar-refractivity contribution in [1.82, 2.24) is 9.97 Å². The number of nitrogens with zero attached hydrogens (tertiary/aromatic N) is 2. The zero-order valence-electron chi connectivity index (χ0n) is 15.6. The first-order chi connectivity index (χ1) is 14.2. The Balaban J connectivity index is 1.60. The highest BCUT2D eigenvalue weighted by Gasteiger charge is 2.16. The Kier molecular flexibility index (Phi) is 6.91. The van der Waals surface area contributed by atoms with Crippen LogP contribution in [0.2, 0.25) is 5.02 Å². The number of benzene rings is 2. The van der Waals surface area contributed by atoms with Gasteiger partial charge in [0.1, 0.15) is 5.75 Å². The summed E-state index contributed by atoms with van der Waals surface area (Å²) in [6.45, 7) is 1.47. The molecule has 0 fully saturated rings. The van der Waals surface area contributed by atoms with Crippen LogP contribution in [0.3, 0.4) is 0 Å². The summed E-state index contributed by atoms with van der Waals surface area (Å²) < 4.78 is 33.4. The average molecular weight is 512 g/mol. The minimum Gasteiger partial charge on any atom is -0.482 e. The molecule has 1 amide bonds. The Morgan fingerprint density at radius 1 is 1.17 bits per heavy atom. The predicted molar refractivity (Wildman–Crippen MR) is 117 cm³/mol. The SMILES string of the molecule is Cc1ccnc(NS(=O)(=O)c2ccc(NC(=O)COc3ccc(Br)cc3Cl)cc2)n1. The van der Waals surface area contributed by atoms with Gasteiger partial charge >= 0.3 is 0 Å². The summed E-state index contributed by atoms with van der Waals surface area (Å²) in [7, 11) is -3.86. The van der Waals surface area contributed by atoms with E-state index < -0.39 is 15.9 Å². The van der Waals surface area contributed by atoms with Crippen LogP contribution < -0.4 is 14.8 Å². The van der Waals surface area contributed by atoms with E-state index in [1.807, 2.05) is 0 Å². The van der Waals surface area contributed by atoms with Crippen molar-refractivity contribution in [2.45, 2.75) is 11.8 Å². The predicted octanol–water partition coefficient (Wildman–Crippen LogP) is 4.02. The second-order valence-electron chi connectivity index (χ2n) is 6.06. The number of rotatable bonds is 7. The number of aromatic nitrogens is 2. The normalized spacial score (nSPS) is 11.0. The Labute approximate surface area is 186 Å². The molecule has 2 aromatic carbocycles. The summed E-state index contributed by atoms with van der Waals surface area (Å²) in [4.78, 5) is 20.0. The molecule has 1 heterocycles. The second-order valence-corrected chi connectivity index (χ2v) is 9.07. The Bertz CT molecular complexity index is 1170. The Morgan fingerprint density at radius 3 is 2.57 bits per heavy atom. The summed E-state index contributed by atoms with van der Waals surface area (Å²) in [5.41, 5.74) is 1.05. The fourth-order valence-electron chi connectivity index (χ4n) is 2.33. The highest BCUT2D eigenvalue weighted by atomic mass is 79.9. The first kappa shape index (κ1) is 22.0. The number of halogens is 2. The third kappa shape index (κ3) is 5.91. The molecule has 156 valence electrons. The van der Waals surface area contributed by atoms with Crippen molar-refractivity contribution in [3.63, 3.8) is 0 Å². The van der Waals surface area contributed by atoms with Gasteiger partial charge in [-0.15, -0.1) is 0 Å². The number of sulfonamides is 1. The lowest BCUT2D eigenvalue weighted by molar-refractivity contribution is -0.118. The number of anilines is 2. The maximum atomic E-state index is 12.4. The van der Waals surface area contributed by atoms with E-state index in [1.54, 1.807) is 31.2 Å². The highest BCUT2D eigenvalue weighted by molar-refractivity contribution is 9.10. The monoisotopic (exact) mass is 510 g/mol.